The topological polar surface area (TPSA) is 128 Å². The van der Waals surface area contributed by atoms with Crippen molar-refractivity contribution in [2.24, 2.45) is 0 Å². The van der Waals surface area contributed by atoms with Gasteiger partial charge in [-0.15, -0.1) is 0 Å². The van der Waals surface area contributed by atoms with E-state index in [2.05, 4.69) is 5.32 Å². The average Bonchev–Trinajstić information content (AvgIpc) is 2.68. The lowest BCUT2D eigenvalue weighted by atomic mass is 10.1. The zero-order chi connectivity index (χ0) is 21.6. The number of nitrogens with zero attached hydrogens (tertiary/aromatic N) is 2. The van der Waals surface area contributed by atoms with Gasteiger partial charge < -0.3 is 14.8 Å². The molecule has 11 heteroatoms. The minimum absolute atomic E-state index is 0.0995. The number of hydrogen-bond donors (Lipinski definition) is 1. The van der Waals surface area contributed by atoms with Crippen LogP contribution in [0.25, 0.3) is 0 Å². The SMILES string of the molecule is CCCS(=O)(=O)N1CCC(NC(=O)c2cc(OCC)c(OC)cc2[N+](=O)[O-])CC1. The van der Waals surface area contributed by atoms with Gasteiger partial charge in [0.25, 0.3) is 11.6 Å². The fraction of sp³-hybridized carbons (Fsp3) is 0.611. The van der Waals surface area contributed by atoms with E-state index in [1.165, 1.54) is 23.5 Å². The largest absolute Gasteiger partial charge is 0.493 e. The van der Waals surface area contributed by atoms with E-state index in [1.807, 2.05) is 6.92 Å². The summed E-state index contributed by atoms with van der Waals surface area (Å²) in [5.41, 5.74) is -0.508. The standard InChI is InChI=1S/C18H27N3O7S/c1-4-10-29(25,26)20-8-6-13(7-9-20)19-18(22)14-11-17(28-5-2)16(27-3)12-15(14)21(23)24/h11-13H,4-10H2,1-3H3,(H,19,22). The lowest BCUT2D eigenvalue weighted by molar-refractivity contribution is -0.385. The number of methoxy groups -OCH3 is 1. The van der Waals surface area contributed by atoms with Crippen LogP contribution >= 0.6 is 0 Å². The van der Waals surface area contributed by atoms with Crippen molar-refractivity contribution in [1.82, 2.24) is 9.62 Å². The maximum atomic E-state index is 12.7. The second-order valence-electron chi connectivity index (χ2n) is 6.67. The minimum atomic E-state index is -3.27. The molecule has 162 valence electrons. The van der Waals surface area contributed by atoms with E-state index in [0.29, 0.717) is 39.0 Å². The van der Waals surface area contributed by atoms with Gasteiger partial charge in [0.2, 0.25) is 10.0 Å². The van der Waals surface area contributed by atoms with Crippen molar-refractivity contribution < 1.29 is 27.6 Å². The molecular formula is C18H27N3O7S. The molecule has 1 heterocycles. The highest BCUT2D eigenvalue weighted by Gasteiger charge is 2.30. The first-order chi connectivity index (χ1) is 13.7. The number of piperidine rings is 1. The van der Waals surface area contributed by atoms with Crippen LogP contribution in [0.4, 0.5) is 5.69 Å². The van der Waals surface area contributed by atoms with Crippen LogP contribution in [0, 0.1) is 10.1 Å². The molecule has 29 heavy (non-hydrogen) atoms. The third-order valence-electron chi connectivity index (χ3n) is 4.67. The van der Waals surface area contributed by atoms with E-state index in [1.54, 1.807) is 6.92 Å². The van der Waals surface area contributed by atoms with Gasteiger partial charge in [0.05, 0.1) is 30.5 Å². The summed E-state index contributed by atoms with van der Waals surface area (Å²) in [6.07, 6.45) is 1.43. The quantitative estimate of drug-likeness (QED) is 0.469. The molecule has 0 saturated carbocycles. The number of nitrogens with one attached hydrogen (secondary N) is 1. The van der Waals surface area contributed by atoms with E-state index < -0.39 is 20.9 Å². The number of carbonyl (C=O) groups excluding carboxylic acids is 1. The number of ether oxygens (including phenoxy) is 2. The molecule has 1 aromatic rings. The Labute approximate surface area is 170 Å². The molecule has 0 aromatic heterocycles. The van der Waals surface area contributed by atoms with Crippen LogP contribution in [0.3, 0.4) is 0 Å². The molecular weight excluding hydrogens is 402 g/mol. The molecule has 0 aliphatic carbocycles. The van der Waals surface area contributed by atoms with Crippen LogP contribution in [-0.4, -0.2) is 62.2 Å². The summed E-state index contributed by atoms with van der Waals surface area (Å²) in [6.45, 7) is 4.48. The maximum Gasteiger partial charge on any atom is 0.286 e. The summed E-state index contributed by atoms with van der Waals surface area (Å²) in [5, 5.41) is 14.2. The fourth-order valence-electron chi connectivity index (χ4n) is 3.24. The van der Waals surface area contributed by atoms with Crippen LogP contribution in [-0.2, 0) is 10.0 Å². The summed E-state index contributed by atoms with van der Waals surface area (Å²) >= 11 is 0. The average molecular weight is 429 g/mol. The summed E-state index contributed by atoms with van der Waals surface area (Å²) in [7, 11) is -1.91. The molecule has 1 N–H and O–H groups in total. The van der Waals surface area contributed by atoms with Gasteiger partial charge in [-0.3, -0.25) is 14.9 Å². The van der Waals surface area contributed by atoms with E-state index >= 15 is 0 Å². The lowest BCUT2D eigenvalue weighted by Gasteiger charge is -2.31. The fourth-order valence-corrected chi connectivity index (χ4v) is 4.78. The minimum Gasteiger partial charge on any atom is -0.493 e. The summed E-state index contributed by atoms with van der Waals surface area (Å²) in [5.74, 6) is -0.0895. The molecule has 1 amide bonds. The predicted molar refractivity (Wildman–Crippen MR) is 107 cm³/mol. The van der Waals surface area contributed by atoms with Gasteiger partial charge in [0, 0.05) is 25.2 Å². The third-order valence-corrected chi connectivity index (χ3v) is 6.74. The molecule has 1 aromatic carbocycles. The highest BCUT2D eigenvalue weighted by Crippen LogP contribution is 2.35. The zero-order valence-electron chi connectivity index (χ0n) is 16.8. The third kappa shape index (κ3) is 5.57. The first-order valence-electron chi connectivity index (χ1n) is 9.51. The Kier molecular flexibility index (Phi) is 7.80. The van der Waals surface area contributed by atoms with Crippen molar-refractivity contribution in [3.8, 4) is 11.5 Å². The summed E-state index contributed by atoms with van der Waals surface area (Å²) in [4.78, 5) is 23.5. The van der Waals surface area contributed by atoms with E-state index in [-0.39, 0.29) is 34.5 Å². The molecule has 1 aliphatic rings. The second-order valence-corrected chi connectivity index (χ2v) is 8.76. The van der Waals surface area contributed by atoms with Gasteiger partial charge in [-0.1, -0.05) is 6.92 Å². The van der Waals surface area contributed by atoms with Crippen molar-refractivity contribution >= 4 is 21.6 Å². The number of sulfonamides is 1. The van der Waals surface area contributed by atoms with Crippen molar-refractivity contribution in [1.29, 1.82) is 0 Å². The Hall–Kier alpha value is -2.40. The Bertz CT molecular complexity index is 849. The first kappa shape index (κ1) is 22.9. The number of nitro benzene ring substituents is 1. The number of rotatable bonds is 9. The van der Waals surface area contributed by atoms with Gasteiger partial charge in [0.15, 0.2) is 11.5 Å². The first-order valence-corrected chi connectivity index (χ1v) is 11.1. The summed E-state index contributed by atoms with van der Waals surface area (Å²) < 4.78 is 36.3. The van der Waals surface area contributed by atoms with Gasteiger partial charge in [-0.2, -0.15) is 0 Å². The monoisotopic (exact) mass is 429 g/mol. The molecule has 0 spiro atoms. The lowest BCUT2D eigenvalue weighted by Crippen LogP contribution is -2.47. The second kappa shape index (κ2) is 9.88. The van der Waals surface area contributed by atoms with Crippen molar-refractivity contribution in [3.63, 3.8) is 0 Å². The molecule has 2 rings (SSSR count). The normalized spacial score (nSPS) is 15.7. The van der Waals surface area contributed by atoms with Gasteiger partial charge >= 0.3 is 0 Å². The predicted octanol–water partition coefficient (Wildman–Crippen LogP) is 1.94. The van der Waals surface area contributed by atoms with Gasteiger partial charge in [0.1, 0.15) is 5.56 Å². The Morgan fingerprint density at radius 1 is 1.28 bits per heavy atom. The zero-order valence-corrected chi connectivity index (χ0v) is 17.7. The molecule has 1 saturated heterocycles. The van der Waals surface area contributed by atoms with Crippen molar-refractivity contribution in [2.75, 3.05) is 32.6 Å². The van der Waals surface area contributed by atoms with E-state index in [4.69, 9.17) is 9.47 Å². The maximum absolute atomic E-state index is 12.7. The molecule has 10 nitrogen and oxygen atoms in total. The van der Waals surface area contributed by atoms with Crippen molar-refractivity contribution in [2.45, 2.75) is 39.2 Å². The molecule has 1 aliphatic heterocycles. The van der Waals surface area contributed by atoms with Crippen LogP contribution in [0.15, 0.2) is 12.1 Å². The molecule has 0 bridgehead atoms. The van der Waals surface area contributed by atoms with Crippen LogP contribution in [0.2, 0.25) is 0 Å². The summed E-state index contributed by atoms with van der Waals surface area (Å²) in [6, 6.07) is 2.20. The van der Waals surface area contributed by atoms with E-state index in [9.17, 15) is 23.3 Å². The number of carbonyl (C=O) groups is 1. The van der Waals surface area contributed by atoms with Crippen molar-refractivity contribution in [3.05, 3.63) is 27.8 Å². The number of nitro groups is 1. The molecule has 0 radical (unpaired) electrons. The van der Waals surface area contributed by atoms with Crippen LogP contribution in [0.1, 0.15) is 43.5 Å². The van der Waals surface area contributed by atoms with Crippen LogP contribution in [0.5, 0.6) is 11.5 Å². The van der Waals surface area contributed by atoms with Gasteiger partial charge in [-0.25, -0.2) is 12.7 Å². The van der Waals surface area contributed by atoms with E-state index in [0.717, 1.165) is 0 Å². The molecule has 1 fully saturated rings. The van der Waals surface area contributed by atoms with Gasteiger partial charge in [-0.05, 0) is 26.2 Å². The Balaban J connectivity index is 2.15. The smallest absolute Gasteiger partial charge is 0.286 e. The number of benzene rings is 1. The Morgan fingerprint density at radius 3 is 2.45 bits per heavy atom. The molecule has 0 atom stereocenters. The highest BCUT2D eigenvalue weighted by molar-refractivity contribution is 7.89. The van der Waals surface area contributed by atoms with Crippen LogP contribution < -0.4 is 14.8 Å². The molecule has 0 unspecified atom stereocenters. The number of amides is 1. The Morgan fingerprint density at radius 2 is 1.93 bits per heavy atom. The number of hydrogen-bond acceptors (Lipinski definition) is 7. The highest BCUT2D eigenvalue weighted by atomic mass is 32.2.